The summed E-state index contributed by atoms with van der Waals surface area (Å²) in [7, 11) is 0. The molecule has 0 radical (unpaired) electrons. The van der Waals surface area contributed by atoms with Crippen molar-refractivity contribution in [1.82, 2.24) is 29.3 Å². The standard InChI is InChI=1S/C28H35N7O4/c1-18-20-16-19(8-9-21(20)35(30-18)26(37)39-28(5,6)7)22-17-29-23-10-11-24(31-34(22)23)32-12-14-33(15-13-32)25(36)38-27(2,3)4/h8-11,16-17H,12-15H2,1-7H3. The van der Waals surface area contributed by atoms with E-state index < -0.39 is 17.3 Å². The molecule has 1 saturated heterocycles. The summed E-state index contributed by atoms with van der Waals surface area (Å²) in [6.07, 6.45) is 0.991. The van der Waals surface area contributed by atoms with Gasteiger partial charge in [0.15, 0.2) is 5.65 Å². The Morgan fingerprint density at radius 3 is 2.18 bits per heavy atom. The van der Waals surface area contributed by atoms with Crippen LogP contribution in [0.2, 0.25) is 0 Å². The number of carbonyl (C=O) groups is 2. The van der Waals surface area contributed by atoms with Gasteiger partial charge in [0.05, 0.1) is 23.1 Å². The second-order valence-corrected chi connectivity index (χ2v) is 11.8. The average Bonchev–Trinajstić information content (AvgIpc) is 3.42. The van der Waals surface area contributed by atoms with Gasteiger partial charge in [-0.2, -0.15) is 9.78 Å². The molecule has 0 aliphatic carbocycles. The van der Waals surface area contributed by atoms with Crippen LogP contribution < -0.4 is 4.90 Å². The van der Waals surface area contributed by atoms with Gasteiger partial charge in [0.2, 0.25) is 0 Å². The Kier molecular flexibility index (Phi) is 6.48. The summed E-state index contributed by atoms with van der Waals surface area (Å²) in [4.78, 5) is 33.6. The van der Waals surface area contributed by atoms with Gasteiger partial charge in [-0.25, -0.2) is 19.1 Å². The number of carbonyl (C=O) groups excluding carboxylic acids is 2. The van der Waals surface area contributed by atoms with E-state index in [9.17, 15) is 9.59 Å². The van der Waals surface area contributed by atoms with E-state index in [0.29, 0.717) is 31.7 Å². The first kappa shape index (κ1) is 26.5. The maximum Gasteiger partial charge on any atom is 0.435 e. The molecule has 1 aromatic carbocycles. The molecule has 1 amide bonds. The van der Waals surface area contributed by atoms with Crippen LogP contribution in [0.3, 0.4) is 0 Å². The summed E-state index contributed by atoms with van der Waals surface area (Å²) in [6.45, 7) is 15.4. The highest BCUT2D eigenvalue weighted by atomic mass is 16.6. The van der Waals surface area contributed by atoms with Crippen molar-refractivity contribution < 1.29 is 19.1 Å². The third-order valence-corrected chi connectivity index (χ3v) is 6.33. The first-order chi connectivity index (χ1) is 18.3. The molecule has 11 nitrogen and oxygen atoms in total. The van der Waals surface area contributed by atoms with E-state index in [0.717, 1.165) is 33.8 Å². The van der Waals surface area contributed by atoms with Gasteiger partial charge in [-0.05, 0) is 72.7 Å². The molecule has 4 aromatic rings. The van der Waals surface area contributed by atoms with Crippen LogP contribution in [0.25, 0.3) is 27.8 Å². The Bertz CT molecular complexity index is 1550. The molecule has 3 aromatic heterocycles. The van der Waals surface area contributed by atoms with Gasteiger partial charge >= 0.3 is 12.2 Å². The number of anilines is 1. The fraction of sp³-hybridized carbons (Fsp3) is 0.464. The quantitative estimate of drug-likeness (QED) is 0.358. The zero-order chi connectivity index (χ0) is 28.1. The van der Waals surface area contributed by atoms with Crippen LogP contribution in [0.4, 0.5) is 15.4 Å². The molecule has 1 fully saturated rings. The van der Waals surface area contributed by atoms with Crippen LogP contribution in [-0.4, -0.2) is 78.8 Å². The molecule has 0 atom stereocenters. The fourth-order valence-electron chi connectivity index (χ4n) is 4.55. The van der Waals surface area contributed by atoms with E-state index in [-0.39, 0.29) is 6.09 Å². The van der Waals surface area contributed by atoms with E-state index >= 15 is 0 Å². The Morgan fingerprint density at radius 1 is 0.846 bits per heavy atom. The number of imidazole rings is 1. The smallest absolute Gasteiger partial charge is 0.435 e. The number of nitrogens with zero attached hydrogens (tertiary/aromatic N) is 7. The first-order valence-electron chi connectivity index (χ1n) is 13.1. The van der Waals surface area contributed by atoms with Gasteiger partial charge in [0.25, 0.3) is 0 Å². The van der Waals surface area contributed by atoms with Gasteiger partial charge in [0, 0.05) is 37.1 Å². The summed E-state index contributed by atoms with van der Waals surface area (Å²) < 4.78 is 14.2. The number of ether oxygens (including phenoxy) is 2. The highest BCUT2D eigenvalue weighted by molar-refractivity contribution is 5.92. The maximum absolute atomic E-state index is 12.7. The molecule has 1 aliphatic rings. The summed E-state index contributed by atoms with van der Waals surface area (Å²) in [5, 5.41) is 10.2. The van der Waals surface area contributed by atoms with Gasteiger partial charge in [0.1, 0.15) is 17.0 Å². The predicted octanol–water partition coefficient (Wildman–Crippen LogP) is 4.89. The van der Waals surface area contributed by atoms with Gasteiger partial charge in [-0.15, -0.1) is 5.10 Å². The molecular formula is C28H35N7O4. The molecule has 39 heavy (non-hydrogen) atoms. The van der Waals surface area contributed by atoms with Crippen molar-refractivity contribution in [1.29, 1.82) is 0 Å². The van der Waals surface area contributed by atoms with Crippen molar-refractivity contribution in [3.8, 4) is 11.3 Å². The Hall–Kier alpha value is -4.15. The van der Waals surface area contributed by atoms with Crippen LogP contribution in [0.1, 0.15) is 47.2 Å². The number of rotatable bonds is 2. The normalized spacial score (nSPS) is 14.7. The zero-order valence-corrected chi connectivity index (χ0v) is 23.6. The minimum absolute atomic E-state index is 0.289. The average molecular weight is 534 g/mol. The number of amides is 1. The Morgan fingerprint density at radius 2 is 1.51 bits per heavy atom. The van der Waals surface area contributed by atoms with E-state index in [1.54, 1.807) is 11.1 Å². The van der Waals surface area contributed by atoms with Crippen LogP contribution in [0, 0.1) is 6.92 Å². The number of aryl methyl sites for hydroxylation is 1. The number of aromatic nitrogens is 5. The van der Waals surface area contributed by atoms with Gasteiger partial charge < -0.3 is 19.3 Å². The summed E-state index contributed by atoms with van der Waals surface area (Å²) in [6, 6.07) is 9.69. The minimum atomic E-state index is -0.620. The van der Waals surface area contributed by atoms with Crippen molar-refractivity contribution in [2.75, 3.05) is 31.1 Å². The minimum Gasteiger partial charge on any atom is -0.444 e. The van der Waals surface area contributed by atoms with Gasteiger partial charge in [-0.1, -0.05) is 6.07 Å². The molecule has 0 unspecified atom stereocenters. The highest BCUT2D eigenvalue weighted by Crippen LogP contribution is 2.28. The number of benzene rings is 1. The van der Waals surface area contributed by atoms with E-state index in [2.05, 4.69) is 15.0 Å². The second kappa shape index (κ2) is 9.55. The van der Waals surface area contributed by atoms with Crippen molar-refractivity contribution in [3.63, 3.8) is 0 Å². The van der Waals surface area contributed by atoms with Crippen molar-refractivity contribution in [2.45, 2.75) is 59.7 Å². The Balaban J connectivity index is 1.39. The molecular weight excluding hydrogens is 498 g/mol. The molecule has 4 heterocycles. The first-order valence-corrected chi connectivity index (χ1v) is 13.1. The summed E-state index contributed by atoms with van der Waals surface area (Å²) >= 11 is 0. The molecule has 1 aliphatic heterocycles. The monoisotopic (exact) mass is 533 g/mol. The number of hydrogen-bond acceptors (Lipinski definition) is 8. The fourth-order valence-corrected chi connectivity index (χ4v) is 4.55. The van der Waals surface area contributed by atoms with Crippen LogP contribution >= 0.6 is 0 Å². The lowest BCUT2D eigenvalue weighted by atomic mass is 10.1. The third kappa shape index (κ3) is 5.52. The summed E-state index contributed by atoms with van der Waals surface area (Å²) in [5.74, 6) is 0.806. The molecule has 0 spiro atoms. The lowest BCUT2D eigenvalue weighted by molar-refractivity contribution is 0.0240. The predicted molar refractivity (Wildman–Crippen MR) is 148 cm³/mol. The number of fused-ring (bicyclic) bond motifs is 2. The second-order valence-electron chi connectivity index (χ2n) is 11.8. The van der Waals surface area contributed by atoms with Crippen LogP contribution in [0.5, 0.6) is 0 Å². The SMILES string of the molecule is Cc1nn(C(=O)OC(C)(C)C)c2ccc(-c3cnc4ccc(N5CCN(C(=O)OC(C)(C)C)CC5)nn34)cc12. The van der Waals surface area contributed by atoms with Gasteiger partial charge in [-0.3, -0.25) is 0 Å². The third-order valence-electron chi connectivity index (χ3n) is 6.33. The lowest BCUT2D eigenvalue weighted by Crippen LogP contribution is -2.50. The van der Waals surface area contributed by atoms with Crippen molar-refractivity contribution in [2.24, 2.45) is 0 Å². The zero-order valence-electron chi connectivity index (χ0n) is 23.6. The maximum atomic E-state index is 12.7. The van der Waals surface area contributed by atoms with Crippen molar-refractivity contribution >= 4 is 34.6 Å². The molecule has 0 N–H and O–H groups in total. The number of hydrogen-bond donors (Lipinski definition) is 0. The van der Waals surface area contributed by atoms with Crippen LogP contribution in [-0.2, 0) is 9.47 Å². The van der Waals surface area contributed by atoms with E-state index in [4.69, 9.17) is 14.6 Å². The topological polar surface area (TPSA) is 107 Å². The molecule has 11 heteroatoms. The van der Waals surface area contributed by atoms with Crippen LogP contribution in [0.15, 0.2) is 36.5 Å². The van der Waals surface area contributed by atoms with Crippen molar-refractivity contribution in [3.05, 3.63) is 42.2 Å². The summed E-state index contributed by atoms with van der Waals surface area (Å²) in [5.41, 5.74) is 2.72. The van der Waals surface area contributed by atoms with E-state index in [1.165, 1.54) is 4.68 Å². The Labute approximate surface area is 227 Å². The molecule has 5 rings (SSSR count). The molecule has 206 valence electrons. The molecule has 0 saturated carbocycles. The largest absolute Gasteiger partial charge is 0.444 e. The van der Waals surface area contributed by atoms with E-state index in [1.807, 2.05) is 83.3 Å². The highest BCUT2D eigenvalue weighted by Gasteiger charge is 2.27. The lowest BCUT2D eigenvalue weighted by Gasteiger charge is -2.36. The number of piperazine rings is 1. The molecule has 0 bridgehead atoms.